The van der Waals surface area contributed by atoms with E-state index in [2.05, 4.69) is 171 Å². The van der Waals surface area contributed by atoms with Crippen molar-refractivity contribution in [2.75, 3.05) is 0 Å². The summed E-state index contributed by atoms with van der Waals surface area (Å²) in [5.74, 6) is 2.08. The van der Waals surface area contributed by atoms with Gasteiger partial charge in [-0.25, -0.2) is 0 Å². The summed E-state index contributed by atoms with van der Waals surface area (Å²) in [5, 5.41) is 0. The quantitative estimate of drug-likeness (QED) is 0.123. The largest absolute Gasteiger partial charge is 0.480 e. The molecule has 5 aliphatic rings. The van der Waals surface area contributed by atoms with Crippen molar-refractivity contribution in [1.82, 2.24) is 0 Å². The number of rotatable bonds is 0. The van der Waals surface area contributed by atoms with E-state index in [1.54, 1.807) is 0 Å². The van der Waals surface area contributed by atoms with Crippen molar-refractivity contribution in [3.63, 3.8) is 0 Å². The number of hydrogen-bond acceptors (Lipinski definition) is 24. The Morgan fingerprint density at radius 2 is 0.279 bits per heavy atom. The molecule has 5 rings (SSSR count). The van der Waals surface area contributed by atoms with Crippen LogP contribution in [0.25, 0.3) is 0 Å². The maximum atomic E-state index is 10.2. The van der Waals surface area contributed by atoms with Crippen LogP contribution >= 0.6 is 0 Å². The van der Waals surface area contributed by atoms with E-state index in [1.165, 1.54) is 57.8 Å². The Morgan fingerprint density at radius 3 is 0.349 bits per heavy atom. The first-order chi connectivity index (χ1) is 37.0. The van der Waals surface area contributed by atoms with Crippen LogP contribution in [0.1, 0.15) is 79.1 Å². The van der Waals surface area contributed by atoms with Crippen molar-refractivity contribution in [3.05, 3.63) is 0 Å². The van der Waals surface area contributed by atoms with Crippen LogP contribution in [0.4, 0.5) is 0 Å². The molecule has 24 nitrogen and oxygen atoms in total. The highest BCUT2D eigenvalue weighted by Gasteiger charge is 2.60. The Kier molecular flexibility index (Phi) is 33.2. The van der Waals surface area contributed by atoms with Gasteiger partial charge in [0.2, 0.25) is 0 Å². The standard InChI is InChI=1S/2C12H36O6Si6.C7H14.C6H24O12Si6.C6H12.CH4/c2*1-19(2)13-20(3,4)15-22(7,8)17-24(11,12)18-23(9,10)16-21(5,6)14-19;1-7-5-3-2-4-6-7;1-19(7)13-20(2,8)15-22(4,10)17-24(6,12)18-23(5,11)16-21(3,9)14-19;1-6-4-2-3-5-6;/h2*1-12H3;7H,2-6H2,1H3;7-12H,1-6H3;6H,2-5H2,1H3;1H4. The molecule has 3 heterocycles. The molecule has 0 spiro atoms. The fraction of sp³-hybridized carbons (Fsp3) is 1.00. The molecule has 518 valence electrons. The van der Waals surface area contributed by atoms with Gasteiger partial charge < -0.3 is 103 Å². The fourth-order valence-electron chi connectivity index (χ4n) is 12.0. The molecule has 0 bridgehead atoms. The first-order valence-electron chi connectivity index (χ1n) is 30.0. The van der Waals surface area contributed by atoms with E-state index in [0.29, 0.717) is 0 Å². The molecular weight excluding hydrogens is 1420 g/mol. The summed E-state index contributed by atoms with van der Waals surface area (Å²) >= 11 is 0. The van der Waals surface area contributed by atoms with Crippen LogP contribution in [0.2, 0.25) is 196 Å². The number of hydrogen-bond donors (Lipinski definition) is 6. The van der Waals surface area contributed by atoms with Crippen LogP contribution in [0.15, 0.2) is 0 Å². The fourth-order valence-corrected chi connectivity index (χ4v) is 95.5. The van der Waals surface area contributed by atoms with Crippen molar-refractivity contribution >= 4 is 156 Å². The van der Waals surface area contributed by atoms with E-state index in [4.69, 9.17) is 74.1 Å². The first kappa shape index (κ1) is 88.9. The molecule has 5 fully saturated rings. The van der Waals surface area contributed by atoms with Crippen molar-refractivity contribution in [2.45, 2.75) is 275 Å². The van der Waals surface area contributed by atoms with Gasteiger partial charge in [-0.3, -0.25) is 0 Å². The van der Waals surface area contributed by atoms with Crippen LogP contribution in [0.3, 0.4) is 0 Å². The molecule has 0 unspecified atom stereocenters. The zero-order valence-corrected chi connectivity index (χ0v) is 76.6. The second kappa shape index (κ2) is 32.1. The van der Waals surface area contributed by atoms with Gasteiger partial charge in [-0.1, -0.05) is 79.1 Å². The summed E-state index contributed by atoms with van der Waals surface area (Å²) in [6.07, 6.45) is 13.4. The SMILES string of the molecule is C.CC1CCCC1.CC1CCCCC1.C[Si]1(C)O[Si](C)(C)O[Si](C)(C)O[Si](C)(C)O[Si](C)(C)O[Si](C)(C)O1.C[Si]1(C)O[Si](C)(C)O[Si](C)(C)O[Si](C)(C)O[Si](C)(C)O[Si](C)(C)O1.C[Si]1(O)O[Si](C)(O)O[Si](C)(O)O[Si](C)(O)O[Si](C)(O)O[Si](C)(O)O1. The summed E-state index contributed by atoms with van der Waals surface area (Å²) < 4.78 is 108. The van der Waals surface area contributed by atoms with Crippen LogP contribution in [0, 0.1) is 11.8 Å². The second-order valence-corrected chi connectivity index (χ2v) is 88.2. The predicted molar refractivity (Wildman–Crippen MR) is 379 cm³/mol. The maximum absolute atomic E-state index is 10.2. The van der Waals surface area contributed by atoms with Gasteiger partial charge in [-0.05, 0) is 169 Å². The summed E-state index contributed by atoms with van der Waals surface area (Å²) in [7, 11) is -53.5. The lowest BCUT2D eigenvalue weighted by molar-refractivity contribution is 0.0818. The molecule has 0 aromatic rings. The van der Waals surface area contributed by atoms with Gasteiger partial charge in [-0.2, -0.15) is 0 Å². The van der Waals surface area contributed by atoms with E-state index in [0.717, 1.165) is 51.1 Å². The average molecular weight is 1550 g/mol. The molecule has 86 heavy (non-hydrogen) atoms. The van der Waals surface area contributed by atoms with Crippen LogP contribution in [-0.2, 0) is 74.1 Å². The Balaban J connectivity index is 0.00000113. The van der Waals surface area contributed by atoms with Gasteiger partial charge in [0.15, 0.2) is 0 Å². The Labute approximate surface area is 541 Å². The lowest BCUT2D eigenvalue weighted by Crippen LogP contribution is -2.68. The lowest BCUT2D eigenvalue weighted by atomic mass is 9.91. The predicted octanol–water partition coefficient (Wildman–Crippen LogP) is 11.5. The normalized spacial score (nSPS) is 36.9. The highest BCUT2D eigenvalue weighted by atomic mass is 28.6. The van der Waals surface area contributed by atoms with Gasteiger partial charge in [0.25, 0.3) is 0 Å². The van der Waals surface area contributed by atoms with Crippen LogP contribution in [0.5, 0.6) is 0 Å². The van der Waals surface area contributed by atoms with E-state index in [9.17, 15) is 28.8 Å². The molecular formula is C44H126O24Si18. The molecule has 6 N–H and O–H groups in total. The van der Waals surface area contributed by atoms with E-state index < -0.39 is 156 Å². The molecule has 3 saturated heterocycles. The zero-order valence-electron chi connectivity index (χ0n) is 58.6. The molecule has 0 radical (unpaired) electrons. The van der Waals surface area contributed by atoms with Crippen molar-refractivity contribution < 1.29 is 103 Å². The van der Waals surface area contributed by atoms with Crippen molar-refractivity contribution in [1.29, 1.82) is 0 Å². The highest BCUT2D eigenvalue weighted by molar-refractivity contribution is 6.95. The molecule has 0 atom stereocenters. The first-order valence-corrected chi connectivity index (χ1v) is 77.4. The van der Waals surface area contributed by atoms with Gasteiger partial charge in [0.05, 0.1) is 0 Å². The highest BCUT2D eigenvalue weighted by Crippen LogP contribution is 2.34. The minimum Gasteiger partial charge on any atom is -0.416 e. The van der Waals surface area contributed by atoms with E-state index in [-0.39, 0.29) is 7.43 Å². The summed E-state index contributed by atoms with van der Waals surface area (Å²) in [5.41, 5.74) is 0. The molecule has 0 aromatic carbocycles. The minimum atomic E-state index is -4.16. The summed E-state index contributed by atoms with van der Waals surface area (Å²) in [6.45, 7) is 60.9. The third-order valence-corrected chi connectivity index (χ3v) is 77.1. The van der Waals surface area contributed by atoms with Crippen molar-refractivity contribution in [3.8, 4) is 0 Å². The monoisotopic (exact) mass is 1540 g/mol. The Bertz CT molecular complexity index is 1460. The topological polar surface area (TPSA) is 288 Å². The van der Waals surface area contributed by atoms with E-state index >= 15 is 0 Å². The minimum absolute atomic E-state index is 0. The van der Waals surface area contributed by atoms with Gasteiger partial charge in [-0.15, -0.1) is 0 Å². The molecule has 0 aromatic heterocycles. The summed E-state index contributed by atoms with van der Waals surface area (Å²) in [6, 6.07) is 0. The van der Waals surface area contributed by atoms with Crippen molar-refractivity contribution in [2.24, 2.45) is 11.8 Å². The molecule has 42 heteroatoms. The van der Waals surface area contributed by atoms with E-state index in [1.807, 2.05) is 0 Å². The average Bonchev–Trinajstić information content (AvgIpc) is 3.56. The van der Waals surface area contributed by atoms with Gasteiger partial charge in [0, 0.05) is 39.3 Å². The Hall–Kier alpha value is 2.94. The lowest BCUT2D eigenvalue weighted by Gasteiger charge is -2.46. The molecule has 2 aliphatic carbocycles. The van der Waals surface area contributed by atoms with Crippen LogP contribution in [-0.4, -0.2) is 184 Å². The molecule has 2 saturated carbocycles. The smallest absolute Gasteiger partial charge is 0.416 e. The molecule has 3 aliphatic heterocycles. The molecule has 0 amide bonds. The van der Waals surface area contributed by atoms with Crippen LogP contribution < -0.4 is 0 Å². The zero-order chi connectivity index (χ0) is 67.2. The third-order valence-electron chi connectivity index (χ3n) is 11.7. The van der Waals surface area contributed by atoms with Gasteiger partial charge in [0.1, 0.15) is 0 Å². The third kappa shape index (κ3) is 40.5. The van der Waals surface area contributed by atoms with Gasteiger partial charge >= 0.3 is 156 Å². The summed E-state index contributed by atoms with van der Waals surface area (Å²) in [4.78, 5) is 61.2. The second-order valence-electron chi connectivity index (χ2n) is 29.2. The maximum Gasteiger partial charge on any atom is 0.480 e. The Morgan fingerprint density at radius 1 is 0.186 bits per heavy atom.